The van der Waals surface area contributed by atoms with Gasteiger partial charge in [-0.25, -0.2) is 9.97 Å². The molecule has 2 heterocycles. The molecule has 0 radical (unpaired) electrons. The maximum absolute atomic E-state index is 12.1. The molecular weight excluding hydrogens is 370 g/mol. The van der Waals surface area contributed by atoms with Crippen LogP contribution in [0.25, 0.3) is 11.3 Å². The minimum Gasteiger partial charge on any atom is -0.301 e. The average molecular weight is 390 g/mol. The summed E-state index contributed by atoms with van der Waals surface area (Å²) in [5, 5.41) is 7.50. The van der Waals surface area contributed by atoms with Crippen LogP contribution in [0.1, 0.15) is 22.4 Å². The molecule has 7 heteroatoms. The average Bonchev–Trinajstić information content (AvgIpc) is 3.13. The quantitative estimate of drug-likeness (QED) is 0.607. The molecule has 0 spiro atoms. The van der Waals surface area contributed by atoms with Crippen LogP contribution in [0.3, 0.4) is 0 Å². The van der Waals surface area contributed by atoms with Crippen molar-refractivity contribution in [1.29, 1.82) is 0 Å². The number of carbonyl (C=O) groups is 1. The molecule has 0 saturated carbocycles. The van der Waals surface area contributed by atoms with E-state index in [2.05, 4.69) is 48.2 Å². The Morgan fingerprint density at radius 1 is 1.08 bits per heavy atom. The van der Waals surface area contributed by atoms with Crippen molar-refractivity contribution in [3.8, 4) is 11.3 Å². The molecule has 4 nitrogen and oxygen atoms in total. The van der Waals surface area contributed by atoms with Crippen LogP contribution in [-0.2, 0) is 4.79 Å². The summed E-state index contributed by atoms with van der Waals surface area (Å²) in [6, 6.07) is 4.32. The highest BCUT2D eigenvalue weighted by molar-refractivity contribution is 8.01. The van der Waals surface area contributed by atoms with Gasteiger partial charge in [0.1, 0.15) is 0 Å². The highest BCUT2D eigenvalue weighted by Gasteiger charge is 2.13. The highest BCUT2D eigenvalue weighted by atomic mass is 32.2. The van der Waals surface area contributed by atoms with Gasteiger partial charge in [-0.15, -0.1) is 22.7 Å². The number of nitrogens with zero attached hydrogens (tertiary/aromatic N) is 2. The molecule has 2 aromatic heterocycles. The van der Waals surface area contributed by atoms with Crippen LogP contribution in [0, 0.1) is 27.7 Å². The van der Waals surface area contributed by atoms with Crippen LogP contribution in [0.4, 0.5) is 5.13 Å². The third kappa shape index (κ3) is 4.48. The fourth-order valence-corrected chi connectivity index (χ4v) is 5.08. The lowest BCUT2D eigenvalue weighted by atomic mass is 9.98. The zero-order valence-electron chi connectivity index (χ0n) is 14.5. The number of carbonyl (C=O) groups excluding carboxylic acids is 1. The maximum atomic E-state index is 12.1. The molecule has 0 bridgehead atoms. The Labute approximate surface area is 159 Å². The number of hydrogen-bond acceptors (Lipinski definition) is 6. The van der Waals surface area contributed by atoms with Crippen molar-refractivity contribution < 1.29 is 4.79 Å². The minimum absolute atomic E-state index is 0.0592. The van der Waals surface area contributed by atoms with E-state index >= 15 is 0 Å². The van der Waals surface area contributed by atoms with E-state index in [1.807, 2.05) is 17.7 Å². The smallest absolute Gasteiger partial charge is 0.236 e. The monoisotopic (exact) mass is 389 g/mol. The number of hydrogen-bond donors (Lipinski definition) is 1. The number of anilines is 1. The summed E-state index contributed by atoms with van der Waals surface area (Å²) in [5.41, 5.74) is 6.71. The van der Waals surface area contributed by atoms with E-state index in [1.165, 1.54) is 39.8 Å². The Morgan fingerprint density at radius 2 is 1.80 bits per heavy atom. The van der Waals surface area contributed by atoms with Crippen molar-refractivity contribution in [3.63, 3.8) is 0 Å². The number of thioether (sulfide) groups is 1. The van der Waals surface area contributed by atoms with Crippen molar-refractivity contribution in [1.82, 2.24) is 9.97 Å². The van der Waals surface area contributed by atoms with Crippen molar-refractivity contribution >= 4 is 45.5 Å². The molecule has 3 aromatic rings. The third-order valence-corrected chi connectivity index (χ3v) is 6.50. The van der Waals surface area contributed by atoms with Crippen LogP contribution in [0.5, 0.6) is 0 Å². The molecule has 1 N–H and O–H groups in total. The van der Waals surface area contributed by atoms with Crippen molar-refractivity contribution in [3.05, 3.63) is 45.3 Å². The molecule has 0 atom stereocenters. The van der Waals surface area contributed by atoms with E-state index in [4.69, 9.17) is 0 Å². The number of nitrogens with one attached hydrogen (secondary N) is 1. The summed E-state index contributed by atoms with van der Waals surface area (Å²) in [5.74, 6) is 0.279. The largest absolute Gasteiger partial charge is 0.301 e. The first-order chi connectivity index (χ1) is 11.9. The Bertz CT molecular complexity index is 891. The summed E-state index contributed by atoms with van der Waals surface area (Å²) in [4.78, 5) is 21.1. The standard InChI is InChI=1S/C18H19N3OS3/c1-10-5-11(2)16(12(3)6-10)14-8-23-17(20-14)21-15(22)9-25-18-19-13(4)7-24-18/h5-8H,9H2,1-4H3,(H,20,21,22). The molecule has 0 unspecified atom stereocenters. The number of rotatable bonds is 5. The summed E-state index contributed by atoms with van der Waals surface area (Å²) < 4.78 is 0.915. The molecule has 0 saturated heterocycles. The molecule has 0 aliphatic carbocycles. The fourth-order valence-electron chi connectivity index (χ4n) is 2.71. The summed E-state index contributed by atoms with van der Waals surface area (Å²) >= 11 is 4.47. The highest BCUT2D eigenvalue weighted by Crippen LogP contribution is 2.31. The minimum atomic E-state index is -0.0592. The van der Waals surface area contributed by atoms with Crippen molar-refractivity contribution in [2.45, 2.75) is 32.0 Å². The summed E-state index contributed by atoms with van der Waals surface area (Å²) in [6.07, 6.45) is 0. The zero-order valence-corrected chi connectivity index (χ0v) is 17.0. The lowest BCUT2D eigenvalue weighted by molar-refractivity contribution is -0.113. The Morgan fingerprint density at radius 3 is 2.44 bits per heavy atom. The number of benzene rings is 1. The van der Waals surface area contributed by atoms with Crippen LogP contribution < -0.4 is 5.32 Å². The number of amides is 1. The molecule has 3 rings (SSSR count). The first kappa shape index (κ1) is 18.1. The number of aromatic nitrogens is 2. The van der Waals surface area contributed by atoms with E-state index in [-0.39, 0.29) is 5.91 Å². The predicted molar refractivity (Wildman–Crippen MR) is 108 cm³/mol. The van der Waals surface area contributed by atoms with Gasteiger partial charge in [0.2, 0.25) is 5.91 Å². The van der Waals surface area contributed by atoms with Gasteiger partial charge in [0.05, 0.1) is 11.4 Å². The Kier molecular flexibility index (Phi) is 5.56. The van der Waals surface area contributed by atoms with Crippen LogP contribution in [-0.4, -0.2) is 21.6 Å². The molecule has 1 amide bonds. The van der Waals surface area contributed by atoms with Crippen LogP contribution in [0.15, 0.2) is 27.2 Å². The van der Waals surface area contributed by atoms with Gasteiger partial charge in [0, 0.05) is 22.0 Å². The van der Waals surface area contributed by atoms with E-state index < -0.39 is 0 Å². The molecule has 1 aromatic carbocycles. The second kappa shape index (κ2) is 7.68. The second-order valence-corrected chi connectivity index (χ2v) is 8.84. The van der Waals surface area contributed by atoms with Gasteiger partial charge in [-0.2, -0.15) is 0 Å². The van der Waals surface area contributed by atoms with Gasteiger partial charge in [-0.05, 0) is 38.8 Å². The Hall–Kier alpha value is -1.70. The predicted octanol–water partition coefficient (Wildman–Crippen LogP) is 5.23. The van der Waals surface area contributed by atoms with Gasteiger partial charge in [0.15, 0.2) is 9.47 Å². The molecule has 0 aliphatic rings. The fraction of sp³-hybridized carbons (Fsp3) is 0.278. The van der Waals surface area contributed by atoms with E-state index in [0.29, 0.717) is 10.9 Å². The van der Waals surface area contributed by atoms with Gasteiger partial charge >= 0.3 is 0 Å². The lowest BCUT2D eigenvalue weighted by Crippen LogP contribution is -2.13. The zero-order chi connectivity index (χ0) is 18.0. The first-order valence-corrected chi connectivity index (χ1v) is 10.6. The molecule has 0 fully saturated rings. The van der Waals surface area contributed by atoms with Crippen molar-refractivity contribution in [2.24, 2.45) is 0 Å². The van der Waals surface area contributed by atoms with Gasteiger partial charge in [0.25, 0.3) is 0 Å². The first-order valence-electron chi connectivity index (χ1n) is 7.81. The topological polar surface area (TPSA) is 54.9 Å². The summed E-state index contributed by atoms with van der Waals surface area (Å²) in [7, 11) is 0. The lowest BCUT2D eigenvalue weighted by Gasteiger charge is -2.08. The normalized spacial score (nSPS) is 10.9. The maximum Gasteiger partial charge on any atom is 0.236 e. The molecular formula is C18H19N3OS3. The van der Waals surface area contributed by atoms with E-state index in [0.717, 1.165) is 21.3 Å². The van der Waals surface area contributed by atoms with Gasteiger partial charge < -0.3 is 5.32 Å². The summed E-state index contributed by atoms with van der Waals surface area (Å²) in [6.45, 7) is 8.24. The van der Waals surface area contributed by atoms with Crippen LogP contribution >= 0.6 is 34.4 Å². The third-order valence-electron chi connectivity index (χ3n) is 3.61. The number of aryl methyl sites for hydroxylation is 4. The molecule has 25 heavy (non-hydrogen) atoms. The van der Waals surface area contributed by atoms with Gasteiger partial charge in [-0.1, -0.05) is 29.5 Å². The molecule has 130 valence electrons. The SMILES string of the molecule is Cc1cc(C)c(-c2csc(NC(=O)CSc3nc(C)cs3)n2)c(C)c1. The molecule has 0 aliphatic heterocycles. The van der Waals surface area contributed by atoms with E-state index in [9.17, 15) is 4.79 Å². The van der Waals surface area contributed by atoms with Crippen molar-refractivity contribution in [2.75, 3.05) is 11.1 Å². The Balaban J connectivity index is 1.66. The van der Waals surface area contributed by atoms with E-state index in [1.54, 1.807) is 11.3 Å². The van der Waals surface area contributed by atoms with Crippen LogP contribution in [0.2, 0.25) is 0 Å². The van der Waals surface area contributed by atoms with Gasteiger partial charge in [-0.3, -0.25) is 4.79 Å². The second-order valence-electron chi connectivity index (χ2n) is 5.90. The number of thiazole rings is 2.